The Bertz CT molecular complexity index is 597. The van der Waals surface area contributed by atoms with Crippen LogP contribution >= 0.6 is 0 Å². The van der Waals surface area contributed by atoms with Crippen molar-refractivity contribution in [3.63, 3.8) is 0 Å². The van der Waals surface area contributed by atoms with Gasteiger partial charge >= 0.3 is 0 Å². The van der Waals surface area contributed by atoms with Crippen molar-refractivity contribution in [3.8, 4) is 5.75 Å². The standard InChI is InChI=1S/C16H18N2O2/c1-17-11-12-5-3-7-14(9-12)18-16(19)13-6-4-8-15(10-13)20-2/h3-10,17H,11H2,1-2H3,(H,18,19). The molecule has 0 saturated carbocycles. The van der Waals surface area contributed by atoms with Crippen LogP contribution in [-0.2, 0) is 6.54 Å². The molecule has 0 aliphatic rings. The van der Waals surface area contributed by atoms with Crippen LogP contribution in [0.1, 0.15) is 15.9 Å². The number of hydrogen-bond donors (Lipinski definition) is 2. The van der Waals surface area contributed by atoms with Crippen LogP contribution in [0.4, 0.5) is 5.69 Å². The molecule has 0 unspecified atom stereocenters. The van der Waals surface area contributed by atoms with E-state index < -0.39 is 0 Å². The lowest BCUT2D eigenvalue weighted by Gasteiger charge is -2.08. The summed E-state index contributed by atoms with van der Waals surface area (Å²) < 4.78 is 5.12. The zero-order chi connectivity index (χ0) is 14.4. The smallest absolute Gasteiger partial charge is 0.255 e. The van der Waals surface area contributed by atoms with Crippen LogP contribution in [0.2, 0.25) is 0 Å². The maximum absolute atomic E-state index is 12.2. The zero-order valence-corrected chi connectivity index (χ0v) is 11.6. The number of rotatable bonds is 5. The average Bonchev–Trinajstić information content (AvgIpc) is 2.48. The van der Waals surface area contributed by atoms with Gasteiger partial charge in [0.25, 0.3) is 5.91 Å². The zero-order valence-electron chi connectivity index (χ0n) is 11.6. The number of hydrogen-bond acceptors (Lipinski definition) is 3. The van der Waals surface area contributed by atoms with E-state index in [4.69, 9.17) is 4.74 Å². The fourth-order valence-electron chi connectivity index (χ4n) is 1.93. The largest absolute Gasteiger partial charge is 0.497 e. The highest BCUT2D eigenvalue weighted by atomic mass is 16.5. The van der Waals surface area contributed by atoms with Crippen molar-refractivity contribution in [1.82, 2.24) is 5.32 Å². The molecule has 104 valence electrons. The van der Waals surface area contributed by atoms with Crippen LogP contribution in [0.25, 0.3) is 0 Å². The highest BCUT2D eigenvalue weighted by molar-refractivity contribution is 6.04. The summed E-state index contributed by atoms with van der Waals surface area (Å²) in [6.07, 6.45) is 0. The van der Waals surface area contributed by atoms with Gasteiger partial charge in [-0.05, 0) is 42.9 Å². The second kappa shape index (κ2) is 6.73. The second-order valence-corrected chi connectivity index (χ2v) is 4.42. The van der Waals surface area contributed by atoms with E-state index in [1.807, 2.05) is 37.4 Å². The van der Waals surface area contributed by atoms with Crippen molar-refractivity contribution in [2.45, 2.75) is 6.54 Å². The van der Waals surface area contributed by atoms with E-state index in [0.717, 1.165) is 17.8 Å². The van der Waals surface area contributed by atoms with Crippen LogP contribution in [0.3, 0.4) is 0 Å². The number of carbonyl (C=O) groups is 1. The molecule has 0 spiro atoms. The van der Waals surface area contributed by atoms with E-state index >= 15 is 0 Å². The molecule has 0 fully saturated rings. The van der Waals surface area contributed by atoms with Gasteiger partial charge < -0.3 is 15.4 Å². The number of methoxy groups -OCH3 is 1. The predicted octanol–water partition coefficient (Wildman–Crippen LogP) is 2.67. The first-order valence-corrected chi connectivity index (χ1v) is 6.42. The van der Waals surface area contributed by atoms with Crippen LogP contribution in [0.15, 0.2) is 48.5 Å². The number of ether oxygens (including phenoxy) is 1. The first-order valence-electron chi connectivity index (χ1n) is 6.42. The van der Waals surface area contributed by atoms with E-state index in [9.17, 15) is 4.79 Å². The Labute approximate surface area is 118 Å². The SMILES string of the molecule is CNCc1cccc(NC(=O)c2cccc(OC)c2)c1. The van der Waals surface area contributed by atoms with Crippen molar-refractivity contribution in [2.75, 3.05) is 19.5 Å². The van der Waals surface area contributed by atoms with E-state index in [2.05, 4.69) is 10.6 Å². The third kappa shape index (κ3) is 3.59. The molecular formula is C16H18N2O2. The number of amides is 1. The fourth-order valence-corrected chi connectivity index (χ4v) is 1.93. The van der Waals surface area contributed by atoms with Gasteiger partial charge in [-0.2, -0.15) is 0 Å². The molecular weight excluding hydrogens is 252 g/mol. The maximum Gasteiger partial charge on any atom is 0.255 e. The van der Waals surface area contributed by atoms with Crippen molar-refractivity contribution >= 4 is 11.6 Å². The molecule has 0 aliphatic heterocycles. The molecule has 4 nitrogen and oxygen atoms in total. The van der Waals surface area contributed by atoms with Gasteiger partial charge in [0.05, 0.1) is 7.11 Å². The summed E-state index contributed by atoms with van der Waals surface area (Å²) in [5, 5.41) is 5.97. The second-order valence-electron chi connectivity index (χ2n) is 4.42. The minimum atomic E-state index is -0.148. The minimum absolute atomic E-state index is 0.148. The van der Waals surface area contributed by atoms with Gasteiger partial charge in [-0.3, -0.25) is 4.79 Å². The summed E-state index contributed by atoms with van der Waals surface area (Å²) in [6, 6.07) is 14.8. The lowest BCUT2D eigenvalue weighted by atomic mass is 10.1. The van der Waals surface area contributed by atoms with E-state index in [0.29, 0.717) is 11.3 Å². The summed E-state index contributed by atoms with van der Waals surface area (Å²) in [5.74, 6) is 0.520. The predicted molar refractivity (Wildman–Crippen MR) is 80.2 cm³/mol. The fraction of sp³-hybridized carbons (Fsp3) is 0.188. The molecule has 20 heavy (non-hydrogen) atoms. The number of anilines is 1. The average molecular weight is 270 g/mol. The Hall–Kier alpha value is -2.33. The van der Waals surface area contributed by atoms with Gasteiger partial charge in [0.2, 0.25) is 0 Å². The monoisotopic (exact) mass is 270 g/mol. The normalized spacial score (nSPS) is 10.1. The summed E-state index contributed by atoms with van der Waals surface area (Å²) in [4.78, 5) is 12.2. The maximum atomic E-state index is 12.2. The molecule has 4 heteroatoms. The van der Waals surface area contributed by atoms with E-state index in [1.165, 1.54) is 0 Å². The molecule has 2 rings (SSSR count). The Balaban J connectivity index is 2.12. The Morgan fingerprint density at radius 2 is 1.95 bits per heavy atom. The third-order valence-electron chi connectivity index (χ3n) is 2.90. The molecule has 2 aromatic rings. The number of nitrogens with one attached hydrogen (secondary N) is 2. The van der Waals surface area contributed by atoms with Crippen LogP contribution in [-0.4, -0.2) is 20.1 Å². The van der Waals surface area contributed by atoms with Crippen molar-refractivity contribution in [3.05, 3.63) is 59.7 Å². The first kappa shape index (κ1) is 14.1. The van der Waals surface area contributed by atoms with E-state index in [-0.39, 0.29) is 5.91 Å². The van der Waals surface area contributed by atoms with Gasteiger partial charge in [-0.25, -0.2) is 0 Å². The van der Waals surface area contributed by atoms with Gasteiger partial charge in [0.1, 0.15) is 5.75 Å². The topological polar surface area (TPSA) is 50.4 Å². The molecule has 0 aromatic heterocycles. The summed E-state index contributed by atoms with van der Waals surface area (Å²) in [5.41, 5.74) is 2.48. The quantitative estimate of drug-likeness (QED) is 0.878. The molecule has 0 heterocycles. The highest BCUT2D eigenvalue weighted by Gasteiger charge is 2.07. The molecule has 1 amide bonds. The molecule has 2 N–H and O–H groups in total. The van der Waals surface area contributed by atoms with Gasteiger partial charge in [-0.15, -0.1) is 0 Å². The van der Waals surface area contributed by atoms with Gasteiger partial charge in [0, 0.05) is 17.8 Å². The summed E-state index contributed by atoms with van der Waals surface area (Å²) >= 11 is 0. The Kier molecular flexibility index (Phi) is 4.74. The van der Waals surface area contributed by atoms with Gasteiger partial charge in [-0.1, -0.05) is 18.2 Å². The third-order valence-corrected chi connectivity index (χ3v) is 2.90. The number of carbonyl (C=O) groups excluding carboxylic acids is 1. The Morgan fingerprint density at radius 1 is 1.15 bits per heavy atom. The summed E-state index contributed by atoms with van der Waals surface area (Å²) in [6.45, 7) is 0.767. The van der Waals surface area contributed by atoms with Gasteiger partial charge in [0.15, 0.2) is 0 Å². The summed E-state index contributed by atoms with van der Waals surface area (Å²) in [7, 11) is 3.47. The van der Waals surface area contributed by atoms with Crippen LogP contribution < -0.4 is 15.4 Å². The van der Waals surface area contributed by atoms with Crippen molar-refractivity contribution in [2.24, 2.45) is 0 Å². The van der Waals surface area contributed by atoms with E-state index in [1.54, 1.807) is 25.3 Å². The van der Waals surface area contributed by atoms with Crippen molar-refractivity contribution < 1.29 is 9.53 Å². The molecule has 0 radical (unpaired) electrons. The lowest BCUT2D eigenvalue weighted by molar-refractivity contribution is 0.102. The lowest BCUT2D eigenvalue weighted by Crippen LogP contribution is -2.12. The first-order chi connectivity index (χ1) is 9.72. The molecule has 0 bridgehead atoms. The highest BCUT2D eigenvalue weighted by Crippen LogP contribution is 2.15. The number of benzene rings is 2. The molecule has 0 aliphatic carbocycles. The van der Waals surface area contributed by atoms with Crippen LogP contribution in [0.5, 0.6) is 5.75 Å². The molecule has 2 aromatic carbocycles. The molecule has 0 saturated heterocycles. The molecule has 0 atom stereocenters. The Morgan fingerprint density at radius 3 is 2.70 bits per heavy atom. The van der Waals surface area contributed by atoms with Crippen molar-refractivity contribution in [1.29, 1.82) is 0 Å². The minimum Gasteiger partial charge on any atom is -0.497 e. The van der Waals surface area contributed by atoms with Crippen LogP contribution in [0, 0.1) is 0 Å².